The predicted molar refractivity (Wildman–Crippen MR) is 114 cm³/mol. The number of carbonyl (C=O) groups is 2. The Balaban J connectivity index is 1.66. The number of rotatable bonds is 5. The summed E-state index contributed by atoms with van der Waals surface area (Å²) >= 11 is 3.42. The lowest BCUT2D eigenvalue weighted by Gasteiger charge is -2.39. The second-order valence-electron chi connectivity index (χ2n) is 6.71. The summed E-state index contributed by atoms with van der Waals surface area (Å²) < 4.78 is 6.34. The Morgan fingerprint density at radius 1 is 1.31 bits per heavy atom. The molecule has 0 unspecified atom stereocenters. The van der Waals surface area contributed by atoms with E-state index in [0.29, 0.717) is 43.2 Å². The Hall–Kier alpha value is -2.81. The van der Waals surface area contributed by atoms with Gasteiger partial charge in [-0.25, -0.2) is 9.78 Å². The Labute approximate surface area is 177 Å². The lowest BCUT2D eigenvalue weighted by Crippen LogP contribution is -2.53. The molecule has 9 heteroatoms. The molecule has 3 rings (SSSR count). The van der Waals surface area contributed by atoms with Crippen molar-refractivity contribution in [3.8, 4) is 5.75 Å². The molecule has 1 aliphatic rings. The molecule has 1 saturated heterocycles. The zero-order valence-corrected chi connectivity index (χ0v) is 17.8. The molecule has 154 valence electrons. The van der Waals surface area contributed by atoms with Crippen molar-refractivity contribution >= 4 is 39.4 Å². The number of nitrogens with one attached hydrogen (secondary N) is 1. The van der Waals surface area contributed by atoms with E-state index in [1.165, 1.54) is 11.1 Å². The van der Waals surface area contributed by atoms with Crippen molar-refractivity contribution < 1.29 is 19.4 Å². The molecule has 0 spiro atoms. The zero-order chi connectivity index (χ0) is 21.0. The molecule has 1 atom stereocenters. The van der Waals surface area contributed by atoms with Gasteiger partial charge in [-0.3, -0.25) is 4.79 Å². The summed E-state index contributed by atoms with van der Waals surface area (Å²) in [6, 6.07) is 8.88. The van der Waals surface area contributed by atoms with Crippen molar-refractivity contribution in [1.29, 1.82) is 0 Å². The second kappa shape index (κ2) is 9.13. The predicted octanol–water partition coefficient (Wildman–Crippen LogP) is 3.68. The van der Waals surface area contributed by atoms with Gasteiger partial charge in [0, 0.05) is 43.6 Å². The molecule has 2 N–H and O–H groups in total. The van der Waals surface area contributed by atoms with E-state index in [0.717, 1.165) is 10.3 Å². The van der Waals surface area contributed by atoms with Crippen LogP contribution in [0.2, 0.25) is 0 Å². The summed E-state index contributed by atoms with van der Waals surface area (Å²) in [6.07, 6.45) is 0.625. The maximum atomic E-state index is 12.5. The Morgan fingerprint density at radius 3 is 2.72 bits per heavy atom. The average Bonchev–Trinajstić information content (AvgIpc) is 2.70. The van der Waals surface area contributed by atoms with Gasteiger partial charge in [-0.15, -0.1) is 0 Å². The third-order valence-corrected chi connectivity index (χ3v) is 5.35. The van der Waals surface area contributed by atoms with Crippen LogP contribution < -0.4 is 15.0 Å². The third kappa shape index (κ3) is 4.97. The maximum absolute atomic E-state index is 12.5. The van der Waals surface area contributed by atoms with Crippen LogP contribution >= 0.6 is 15.9 Å². The van der Waals surface area contributed by atoms with Gasteiger partial charge < -0.3 is 25.0 Å². The first-order valence-corrected chi connectivity index (χ1v) is 10.1. The second-order valence-corrected chi connectivity index (χ2v) is 7.56. The molecular weight excluding hydrogens is 440 g/mol. The summed E-state index contributed by atoms with van der Waals surface area (Å²) in [4.78, 5) is 31.5. The summed E-state index contributed by atoms with van der Waals surface area (Å²) in [5.41, 5.74) is 1.07. The van der Waals surface area contributed by atoms with E-state index in [1.54, 1.807) is 24.3 Å². The van der Waals surface area contributed by atoms with E-state index < -0.39 is 6.09 Å². The molecule has 0 radical (unpaired) electrons. The molecule has 1 fully saturated rings. The first-order valence-electron chi connectivity index (χ1n) is 9.33. The number of anilines is 2. The fraction of sp³-hybridized carbons (Fsp3) is 0.350. The van der Waals surface area contributed by atoms with Crippen LogP contribution in [0.15, 0.2) is 41.0 Å². The summed E-state index contributed by atoms with van der Waals surface area (Å²) in [7, 11) is 0. The van der Waals surface area contributed by atoms with E-state index >= 15 is 0 Å². The molecule has 2 aromatic rings. The highest BCUT2D eigenvalue weighted by molar-refractivity contribution is 9.10. The smallest absolute Gasteiger partial charge is 0.407 e. The average molecular weight is 463 g/mol. The zero-order valence-electron chi connectivity index (χ0n) is 16.3. The van der Waals surface area contributed by atoms with Crippen LogP contribution in [0.4, 0.5) is 16.3 Å². The fourth-order valence-corrected chi connectivity index (χ4v) is 3.57. The number of nitrogens with zero attached hydrogens (tertiary/aromatic N) is 3. The third-order valence-electron chi connectivity index (χ3n) is 4.69. The molecule has 2 amide bonds. The minimum absolute atomic E-state index is 0.00628. The standard InChI is InChI=1S/C20H23BrN4O4/c1-3-29-17-10-15(5-6-16(17)21)23-19(26)14-4-7-18(22-11-14)25-9-8-24(20(27)28)12-13(25)2/h4-7,10-11,13H,3,8-9,12H2,1-2H3,(H,23,26)(H,27,28)/t13-/m1/s1. The normalized spacial score (nSPS) is 16.4. The van der Waals surface area contributed by atoms with E-state index in [4.69, 9.17) is 9.84 Å². The van der Waals surface area contributed by atoms with Crippen molar-refractivity contribution in [2.75, 3.05) is 36.5 Å². The summed E-state index contributed by atoms with van der Waals surface area (Å²) in [6.45, 7) is 5.79. The number of hydrogen-bond donors (Lipinski definition) is 2. The number of ether oxygens (including phenoxy) is 1. The topological polar surface area (TPSA) is 95.0 Å². The highest BCUT2D eigenvalue weighted by Crippen LogP contribution is 2.28. The minimum Gasteiger partial charge on any atom is -0.493 e. The van der Waals surface area contributed by atoms with E-state index in [1.807, 2.05) is 24.8 Å². The van der Waals surface area contributed by atoms with E-state index in [-0.39, 0.29) is 11.9 Å². The van der Waals surface area contributed by atoms with E-state index in [2.05, 4.69) is 26.2 Å². The number of pyridine rings is 1. The SMILES string of the molecule is CCOc1cc(NC(=O)c2ccc(N3CCN(C(=O)O)C[C@H]3C)nc2)ccc1Br. The molecule has 29 heavy (non-hydrogen) atoms. The number of piperazine rings is 1. The quantitative estimate of drug-likeness (QED) is 0.703. The fourth-order valence-electron chi connectivity index (χ4n) is 3.21. The molecule has 2 heterocycles. The first-order chi connectivity index (χ1) is 13.9. The van der Waals surface area contributed by atoms with Crippen molar-refractivity contribution in [1.82, 2.24) is 9.88 Å². The summed E-state index contributed by atoms with van der Waals surface area (Å²) in [5, 5.41) is 12.0. The van der Waals surface area contributed by atoms with Crippen molar-refractivity contribution in [3.63, 3.8) is 0 Å². The van der Waals surface area contributed by atoms with Gasteiger partial charge in [-0.1, -0.05) is 0 Å². The number of hydrogen-bond acceptors (Lipinski definition) is 5. The van der Waals surface area contributed by atoms with Crippen molar-refractivity contribution in [2.45, 2.75) is 19.9 Å². The lowest BCUT2D eigenvalue weighted by molar-refractivity contribution is 0.102. The van der Waals surface area contributed by atoms with Crippen LogP contribution in [0.5, 0.6) is 5.75 Å². The molecule has 1 aromatic heterocycles. The van der Waals surface area contributed by atoms with Gasteiger partial charge >= 0.3 is 6.09 Å². The number of carboxylic acid groups (broad SMARTS) is 1. The molecule has 8 nitrogen and oxygen atoms in total. The number of carbonyl (C=O) groups excluding carboxylic acids is 1. The molecule has 0 aliphatic carbocycles. The van der Waals surface area contributed by atoms with Gasteiger partial charge in [0.15, 0.2) is 0 Å². The van der Waals surface area contributed by atoms with Gasteiger partial charge in [0.05, 0.1) is 16.6 Å². The van der Waals surface area contributed by atoms with Crippen LogP contribution in [0.1, 0.15) is 24.2 Å². The first kappa shape index (κ1) is 20.9. The van der Waals surface area contributed by atoms with Crippen LogP contribution in [0, 0.1) is 0 Å². The Bertz CT molecular complexity index is 891. The highest BCUT2D eigenvalue weighted by atomic mass is 79.9. The van der Waals surface area contributed by atoms with Gasteiger partial charge in [0.2, 0.25) is 0 Å². The largest absolute Gasteiger partial charge is 0.493 e. The monoisotopic (exact) mass is 462 g/mol. The number of benzene rings is 1. The van der Waals surface area contributed by atoms with Gasteiger partial charge in [-0.2, -0.15) is 0 Å². The number of aromatic nitrogens is 1. The van der Waals surface area contributed by atoms with Crippen molar-refractivity contribution in [2.24, 2.45) is 0 Å². The van der Waals surface area contributed by atoms with Crippen LogP contribution in [-0.2, 0) is 0 Å². The van der Waals surface area contributed by atoms with Crippen LogP contribution in [0.25, 0.3) is 0 Å². The van der Waals surface area contributed by atoms with Crippen LogP contribution in [0.3, 0.4) is 0 Å². The minimum atomic E-state index is -0.906. The molecule has 1 aromatic carbocycles. The maximum Gasteiger partial charge on any atom is 0.407 e. The molecular formula is C20H23BrN4O4. The molecule has 0 saturated carbocycles. The number of halogens is 1. The van der Waals surface area contributed by atoms with Gasteiger partial charge in [-0.05, 0) is 54.0 Å². The number of amides is 2. The summed E-state index contributed by atoms with van der Waals surface area (Å²) in [5.74, 6) is 1.12. The Kier molecular flexibility index (Phi) is 6.58. The van der Waals surface area contributed by atoms with Gasteiger partial charge in [0.25, 0.3) is 5.91 Å². The van der Waals surface area contributed by atoms with Gasteiger partial charge in [0.1, 0.15) is 11.6 Å². The highest BCUT2D eigenvalue weighted by Gasteiger charge is 2.27. The van der Waals surface area contributed by atoms with E-state index in [9.17, 15) is 9.59 Å². The molecule has 1 aliphatic heterocycles. The molecule has 0 bridgehead atoms. The Morgan fingerprint density at radius 2 is 2.10 bits per heavy atom. The lowest BCUT2D eigenvalue weighted by atomic mass is 10.2. The van der Waals surface area contributed by atoms with Crippen LogP contribution in [-0.4, -0.2) is 59.3 Å². The van der Waals surface area contributed by atoms with Crippen molar-refractivity contribution in [3.05, 3.63) is 46.6 Å².